The Morgan fingerprint density at radius 3 is 2.38 bits per heavy atom. The molecule has 1 unspecified atom stereocenters. The first-order valence-corrected chi connectivity index (χ1v) is 8.88. The molecule has 116 valence electrons. The first-order valence-electron chi connectivity index (χ1n) is 8.88. The molecular formula is C19H30N2. The topological polar surface area (TPSA) is 38.0 Å². The van der Waals surface area contributed by atoms with Crippen molar-refractivity contribution < 1.29 is 0 Å². The normalized spacial score (nSPS) is 28.6. The van der Waals surface area contributed by atoms with Crippen LogP contribution in [0.15, 0.2) is 30.3 Å². The molecule has 3 atom stereocenters. The first-order chi connectivity index (χ1) is 10.3. The van der Waals surface area contributed by atoms with Gasteiger partial charge in [0.1, 0.15) is 0 Å². The largest absolute Gasteiger partial charge is 0.326 e. The summed E-state index contributed by atoms with van der Waals surface area (Å²) in [6.45, 7) is 0.999. The van der Waals surface area contributed by atoms with Crippen LogP contribution in [-0.4, -0.2) is 18.6 Å². The maximum atomic E-state index is 6.47. The number of hydrogen-bond donors (Lipinski definition) is 2. The molecule has 21 heavy (non-hydrogen) atoms. The molecule has 3 N–H and O–H groups in total. The zero-order valence-electron chi connectivity index (χ0n) is 13.1. The van der Waals surface area contributed by atoms with Crippen LogP contribution in [0.4, 0.5) is 0 Å². The Bertz CT molecular complexity index is 409. The van der Waals surface area contributed by atoms with E-state index in [9.17, 15) is 0 Å². The minimum Gasteiger partial charge on any atom is -0.326 e. The van der Waals surface area contributed by atoms with E-state index in [0.717, 1.165) is 18.4 Å². The average molecular weight is 286 g/mol. The second-order valence-corrected chi connectivity index (χ2v) is 7.04. The van der Waals surface area contributed by atoms with E-state index in [4.69, 9.17) is 5.73 Å². The predicted molar refractivity (Wildman–Crippen MR) is 89.4 cm³/mol. The minimum absolute atomic E-state index is 0.347. The van der Waals surface area contributed by atoms with Crippen molar-refractivity contribution in [2.45, 2.75) is 69.4 Å². The molecule has 2 aliphatic carbocycles. The Morgan fingerprint density at radius 1 is 1.00 bits per heavy atom. The van der Waals surface area contributed by atoms with Gasteiger partial charge in [-0.2, -0.15) is 0 Å². The Balaban J connectivity index is 1.41. The molecule has 1 aromatic carbocycles. The molecule has 1 aromatic rings. The standard InChI is InChI=1S/C19H30N2/c20-18(16-11-5-2-1-3-6-12-16)14-21-19-13-17(19)15-9-7-4-8-10-15/h4,7-10,16-19,21H,1-3,5-6,11-14,20H2/t17-,18?,19+/m0/s1. The Labute approximate surface area is 129 Å². The van der Waals surface area contributed by atoms with E-state index < -0.39 is 0 Å². The van der Waals surface area contributed by atoms with Gasteiger partial charge in [0.05, 0.1) is 0 Å². The first kappa shape index (κ1) is 15.1. The number of benzene rings is 1. The highest BCUT2D eigenvalue weighted by molar-refractivity contribution is 5.27. The molecule has 0 aliphatic heterocycles. The van der Waals surface area contributed by atoms with Crippen LogP contribution in [0.1, 0.15) is 62.8 Å². The molecule has 0 heterocycles. The van der Waals surface area contributed by atoms with Crippen LogP contribution in [0.3, 0.4) is 0 Å². The van der Waals surface area contributed by atoms with Crippen molar-refractivity contribution in [2.24, 2.45) is 11.7 Å². The van der Waals surface area contributed by atoms with Crippen molar-refractivity contribution in [3.63, 3.8) is 0 Å². The summed E-state index contributed by atoms with van der Waals surface area (Å²) < 4.78 is 0. The number of nitrogens with two attached hydrogens (primary N) is 1. The molecule has 2 nitrogen and oxygen atoms in total. The van der Waals surface area contributed by atoms with Crippen molar-refractivity contribution in [2.75, 3.05) is 6.54 Å². The van der Waals surface area contributed by atoms with Crippen molar-refractivity contribution >= 4 is 0 Å². The van der Waals surface area contributed by atoms with Crippen molar-refractivity contribution in [1.82, 2.24) is 5.32 Å². The maximum absolute atomic E-state index is 6.47. The third-order valence-corrected chi connectivity index (χ3v) is 5.39. The van der Waals surface area contributed by atoms with Gasteiger partial charge in [-0.15, -0.1) is 0 Å². The molecule has 0 spiro atoms. The summed E-state index contributed by atoms with van der Waals surface area (Å²) in [6.07, 6.45) is 11.0. The molecule has 2 fully saturated rings. The zero-order valence-corrected chi connectivity index (χ0v) is 13.1. The van der Waals surface area contributed by atoms with Crippen LogP contribution >= 0.6 is 0 Å². The molecule has 2 saturated carbocycles. The lowest BCUT2D eigenvalue weighted by Gasteiger charge is -2.26. The number of hydrogen-bond acceptors (Lipinski definition) is 2. The molecule has 2 aliphatic rings. The summed E-state index contributed by atoms with van der Waals surface area (Å²) in [7, 11) is 0. The highest BCUT2D eigenvalue weighted by atomic mass is 15.0. The molecular weight excluding hydrogens is 256 g/mol. The molecule has 0 aromatic heterocycles. The quantitative estimate of drug-likeness (QED) is 0.863. The molecule has 0 amide bonds. The van der Waals surface area contributed by atoms with Crippen LogP contribution in [0.25, 0.3) is 0 Å². The molecule has 3 rings (SSSR count). The monoisotopic (exact) mass is 286 g/mol. The van der Waals surface area contributed by atoms with Gasteiger partial charge in [0.15, 0.2) is 0 Å². The molecule has 2 heteroatoms. The Hall–Kier alpha value is -0.860. The van der Waals surface area contributed by atoms with E-state index in [0.29, 0.717) is 12.1 Å². The molecule has 0 saturated heterocycles. The van der Waals surface area contributed by atoms with Crippen molar-refractivity contribution in [3.05, 3.63) is 35.9 Å². The van der Waals surface area contributed by atoms with Crippen LogP contribution in [0.2, 0.25) is 0 Å². The Morgan fingerprint density at radius 2 is 1.67 bits per heavy atom. The fraction of sp³-hybridized carbons (Fsp3) is 0.684. The van der Waals surface area contributed by atoms with E-state index in [2.05, 4.69) is 35.6 Å². The third-order valence-electron chi connectivity index (χ3n) is 5.39. The summed E-state index contributed by atoms with van der Waals surface area (Å²) in [5.41, 5.74) is 7.95. The van der Waals surface area contributed by atoms with E-state index >= 15 is 0 Å². The third kappa shape index (κ3) is 4.31. The van der Waals surface area contributed by atoms with Gasteiger partial charge in [-0.3, -0.25) is 0 Å². The summed E-state index contributed by atoms with van der Waals surface area (Å²) in [4.78, 5) is 0. The maximum Gasteiger partial charge on any atom is 0.0194 e. The van der Waals surface area contributed by atoms with Crippen LogP contribution < -0.4 is 11.1 Å². The fourth-order valence-corrected chi connectivity index (χ4v) is 3.86. The van der Waals surface area contributed by atoms with Gasteiger partial charge >= 0.3 is 0 Å². The van der Waals surface area contributed by atoms with E-state index in [1.807, 2.05) is 0 Å². The summed E-state index contributed by atoms with van der Waals surface area (Å²) in [5.74, 6) is 1.46. The van der Waals surface area contributed by atoms with Gasteiger partial charge in [0, 0.05) is 24.5 Å². The molecule has 0 bridgehead atoms. The van der Waals surface area contributed by atoms with Crippen LogP contribution in [0.5, 0.6) is 0 Å². The highest BCUT2D eigenvalue weighted by Gasteiger charge is 2.38. The summed E-state index contributed by atoms with van der Waals surface area (Å²) in [6, 6.07) is 11.9. The van der Waals surface area contributed by atoms with Crippen LogP contribution in [-0.2, 0) is 0 Å². The molecule has 0 radical (unpaired) electrons. The Kier molecular flexibility index (Phi) is 5.32. The van der Waals surface area contributed by atoms with E-state index in [1.54, 1.807) is 0 Å². The van der Waals surface area contributed by atoms with E-state index in [-0.39, 0.29) is 0 Å². The second kappa shape index (κ2) is 7.42. The number of nitrogens with one attached hydrogen (secondary N) is 1. The van der Waals surface area contributed by atoms with Gasteiger partial charge < -0.3 is 11.1 Å². The fourth-order valence-electron chi connectivity index (χ4n) is 3.86. The predicted octanol–water partition coefficient (Wildman–Crippen LogP) is 3.82. The SMILES string of the molecule is NC(CN[C@@H]1C[C@H]1c1ccccc1)C1CCCCCCC1. The van der Waals surface area contributed by atoms with Crippen molar-refractivity contribution in [1.29, 1.82) is 0 Å². The van der Waals surface area contributed by atoms with Gasteiger partial charge in [0.25, 0.3) is 0 Å². The minimum atomic E-state index is 0.347. The van der Waals surface area contributed by atoms with Gasteiger partial charge in [-0.1, -0.05) is 62.4 Å². The lowest BCUT2D eigenvalue weighted by Crippen LogP contribution is -2.41. The smallest absolute Gasteiger partial charge is 0.0194 e. The lowest BCUT2D eigenvalue weighted by molar-refractivity contribution is 0.315. The number of rotatable bonds is 5. The zero-order chi connectivity index (χ0) is 14.5. The lowest BCUT2D eigenvalue weighted by atomic mass is 9.86. The highest BCUT2D eigenvalue weighted by Crippen LogP contribution is 2.40. The van der Waals surface area contributed by atoms with Crippen molar-refractivity contribution in [3.8, 4) is 0 Å². The average Bonchev–Trinajstić information content (AvgIpc) is 3.25. The van der Waals surface area contributed by atoms with Gasteiger partial charge in [-0.25, -0.2) is 0 Å². The van der Waals surface area contributed by atoms with E-state index in [1.165, 1.54) is 56.9 Å². The summed E-state index contributed by atoms with van der Waals surface area (Å²) in [5, 5.41) is 3.71. The van der Waals surface area contributed by atoms with Crippen LogP contribution in [0, 0.1) is 5.92 Å². The van der Waals surface area contributed by atoms with Gasteiger partial charge in [0.2, 0.25) is 0 Å². The summed E-state index contributed by atoms with van der Waals surface area (Å²) >= 11 is 0. The second-order valence-electron chi connectivity index (χ2n) is 7.04. The van der Waals surface area contributed by atoms with Gasteiger partial charge in [-0.05, 0) is 30.7 Å².